The summed E-state index contributed by atoms with van der Waals surface area (Å²) in [6.45, 7) is 1.83. The molecule has 1 N–H and O–H groups in total. The zero-order valence-electron chi connectivity index (χ0n) is 14.0. The minimum absolute atomic E-state index is 0.108. The number of fused-ring (bicyclic) bond motifs is 1. The molecule has 1 aliphatic rings. The van der Waals surface area contributed by atoms with Crippen molar-refractivity contribution in [3.63, 3.8) is 0 Å². The van der Waals surface area contributed by atoms with Gasteiger partial charge in [-0.15, -0.1) is 0 Å². The summed E-state index contributed by atoms with van der Waals surface area (Å²) in [5.74, 6) is 0.281. The van der Waals surface area contributed by atoms with Gasteiger partial charge in [0.25, 0.3) is 5.56 Å². The summed E-state index contributed by atoms with van der Waals surface area (Å²) in [4.78, 5) is 24.5. The molecule has 1 aromatic heterocycles. The van der Waals surface area contributed by atoms with Crippen molar-refractivity contribution in [3.8, 4) is 5.75 Å². The number of nitrogens with zero attached hydrogens (tertiary/aromatic N) is 2. The second kappa shape index (κ2) is 6.86. The van der Waals surface area contributed by atoms with Crippen molar-refractivity contribution in [2.75, 3.05) is 12.4 Å². The highest BCUT2D eigenvalue weighted by Crippen LogP contribution is 2.25. The second-order valence-electron chi connectivity index (χ2n) is 6.07. The molecule has 0 unspecified atom stereocenters. The van der Waals surface area contributed by atoms with E-state index in [0.29, 0.717) is 11.4 Å². The molecule has 0 fully saturated rings. The van der Waals surface area contributed by atoms with E-state index in [9.17, 15) is 9.59 Å². The van der Waals surface area contributed by atoms with E-state index in [1.54, 1.807) is 19.2 Å². The Hall–Kier alpha value is -2.63. The van der Waals surface area contributed by atoms with Crippen LogP contribution in [0.15, 0.2) is 29.1 Å². The van der Waals surface area contributed by atoms with E-state index in [-0.39, 0.29) is 18.0 Å². The molecule has 1 heterocycles. The molecular weight excluding hydrogens is 306 g/mol. The summed E-state index contributed by atoms with van der Waals surface area (Å²) in [5.41, 5.74) is 3.32. The maximum absolute atomic E-state index is 12.3. The van der Waals surface area contributed by atoms with Gasteiger partial charge >= 0.3 is 0 Å². The molecule has 0 bridgehead atoms. The van der Waals surface area contributed by atoms with Crippen molar-refractivity contribution in [1.29, 1.82) is 0 Å². The highest BCUT2D eigenvalue weighted by atomic mass is 16.5. The molecule has 0 spiro atoms. The van der Waals surface area contributed by atoms with Gasteiger partial charge in [0.15, 0.2) is 0 Å². The van der Waals surface area contributed by atoms with Gasteiger partial charge in [0, 0.05) is 6.07 Å². The smallest absolute Gasteiger partial charge is 0.267 e. The van der Waals surface area contributed by atoms with Crippen molar-refractivity contribution in [2.24, 2.45) is 0 Å². The number of aromatic nitrogens is 2. The average molecular weight is 327 g/mol. The minimum atomic E-state index is -0.302. The first-order valence-corrected chi connectivity index (χ1v) is 8.11. The monoisotopic (exact) mass is 327 g/mol. The highest BCUT2D eigenvalue weighted by Gasteiger charge is 2.15. The number of aryl methyl sites for hydroxylation is 3. The first kappa shape index (κ1) is 16.2. The van der Waals surface area contributed by atoms with Crippen LogP contribution in [0.2, 0.25) is 0 Å². The molecule has 24 heavy (non-hydrogen) atoms. The van der Waals surface area contributed by atoms with E-state index in [0.717, 1.165) is 42.5 Å². The number of nitrogens with one attached hydrogen (secondary N) is 1. The molecule has 6 nitrogen and oxygen atoms in total. The number of benzene rings is 1. The van der Waals surface area contributed by atoms with Crippen LogP contribution in [0, 0.1) is 6.92 Å². The lowest BCUT2D eigenvalue weighted by Gasteiger charge is -2.16. The standard InChI is InChI=1S/C18H21N3O3/c1-12-7-8-16(24-2)15(9-12)19-17(22)11-21-18(23)10-13-5-3-4-6-14(13)20-21/h7-10H,3-6,11H2,1-2H3,(H,19,22). The van der Waals surface area contributed by atoms with E-state index < -0.39 is 0 Å². The molecule has 3 rings (SSSR count). The lowest BCUT2D eigenvalue weighted by molar-refractivity contribution is -0.117. The van der Waals surface area contributed by atoms with Crippen LogP contribution in [-0.4, -0.2) is 22.8 Å². The van der Waals surface area contributed by atoms with Crippen LogP contribution in [0.25, 0.3) is 0 Å². The quantitative estimate of drug-likeness (QED) is 0.933. The van der Waals surface area contributed by atoms with Crippen LogP contribution in [0.5, 0.6) is 5.75 Å². The van der Waals surface area contributed by atoms with Crippen LogP contribution in [0.4, 0.5) is 5.69 Å². The number of ether oxygens (including phenoxy) is 1. The van der Waals surface area contributed by atoms with Crippen molar-refractivity contribution < 1.29 is 9.53 Å². The third-order valence-electron chi connectivity index (χ3n) is 4.20. The van der Waals surface area contributed by atoms with Gasteiger partial charge in [-0.3, -0.25) is 9.59 Å². The molecule has 1 aromatic carbocycles. The van der Waals surface area contributed by atoms with Crippen molar-refractivity contribution in [1.82, 2.24) is 9.78 Å². The fourth-order valence-corrected chi connectivity index (χ4v) is 2.96. The normalized spacial score (nSPS) is 13.2. The number of amides is 1. The fourth-order valence-electron chi connectivity index (χ4n) is 2.96. The Kier molecular flexibility index (Phi) is 4.64. The number of methoxy groups -OCH3 is 1. The maximum Gasteiger partial charge on any atom is 0.267 e. The summed E-state index contributed by atoms with van der Waals surface area (Å²) in [6, 6.07) is 7.15. The topological polar surface area (TPSA) is 73.2 Å². The zero-order valence-corrected chi connectivity index (χ0v) is 14.0. The lowest BCUT2D eigenvalue weighted by Crippen LogP contribution is -2.31. The molecule has 1 aliphatic carbocycles. The fraction of sp³-hybridized carbons (Fsp3) is 0.389. The Morgan fingerprint density at radius 2 is 2.08 bits per heavy atom. The molecule has 0 atom stereocenters. The largest absolute Gasteiger partial charge is 0.495 e. The van der Waals surface area contributed by atoms with Crippen molar-refractivity contribution >= 4 is 11.6 Å². The van der Waals surface area contributed by atoms with Crippen molar-refractivity contribution in [2.45, 2.75) is 39.2 Å². The molecular formula is C18H21N3O3. The van der Waals surface area contributed by atoms with Crippen LogP contribution >= 0.6 is 0 Å². The van der Waals surface area contributed by atoms with Gasteiger partial charge in [0.05, 0.1) is 18.5 Å². The van der Waals surface area contributed by atoms with Crippen LogP contribution in [0.3, 0.4) is 0 Å². The first-order valence-electron chi connectivity index (χ1n) is 8.11. The third-order valence-corrected chi connectivity index (χ3v) is 4.20. The number of hydrogen-bond acceptors (Lipinski definition) is 4. The minimum Gasteiger partial charge on any atom is -0.495 e. The Morgan fingerprint density at radius 1 is 1.29 bits per heavy atom. The zero-order chi connectivity index (χ0) is 17.1. The third kappa shape index (κ3) is 3.48. The van der Waals surface area contributed by atoms with Crippen LogP contribution < -0.4 is 15.6 Å². The average Bonchev–Trinajstić information content (AvgIpc) is 2.55. The van der Waals surface area contributed by atoms with Gasteiger partial charge in [-0.05, 0) is 55.9 Å². The molecule has 0 aliphatic heterocycles. The van der Waals surface area contributed by atoms with Gasteiger partial charge < -0.3 is 10.1 Å². The predicted molar refractivity (Wildman–Crippen MR) is 91.5 cm³/mol. The van der Waals surface area contributed by atoms with Gasteiger partial charge in [0.2, 0.25) is 5.91 Å². The molecule has 2 aromatic rings. The van der Waals surface area contributed by atoms with Crippen LogP contribution in [-0.2, 0) is 24.2 Å². The number of rotatable bonds is 4. The molecule has 6 heteroatoms. The van der Waals surface area contributed by atoms with E-state index in [2.05, 4.69) is 10.4 Å². The maximum atomic E-state index is 12.3. The summed E-state index contributed by atoms with van der Waals surface area (Å²) >= 11 is 0. The Balaban J connectivity index is 1.78. The summed E-state index contributed by atoms with van der Waals surface area (Å²) < 4.78 is 6.49. The number of hydrogen-bond donors (Lipinski definition) is 1. The number of carbonyl (C=O) groups is 1. The Labute approximate surface area is 140 Å². The Bertz CT molecular complexity index is 827. The van der Waals surface area contributed by atoms with Gasteiger partial charge in [-0.25, -0.2) is 4.68 Å². The van der Waals surface area contributed by atoms with E-state index in [1.165, 1.54) is 4.68 Å². The van der Waals surface area contributed by atoms with Gasteiger partial charge in [-0.2, -0.15) is 5.10 Å². The van der Waals surface area contributed by atoms with E-state index in [4.69, 9.17) is 4.74 Å². The highest BCUT2D eigenvalue weighted by molar-refractivity contribution is 5.92. The predicted octanol–water partition coefficient (Wildman–Crippen LogP) is 2.08. The molecule has 0 radical (unpaired) electrons. The van der Waals surface area contributed by atoms with Crippen molar-refractivity contribution in [3.05, 3.63) is 51.4 Å². The lowest BCUT2D eigenvalue weighted by atomic mass is 9.97. The van der Waals surface area contributed by atoms with Gasteiger partial charge in [-0.1, -0.05) is 6.07 Å². The summed E-state index contributed by atoms with van der Waals surface area (Å²) in [7, 11) is 1.55. The molecule has 0 saturated heterocycles. The molecule has 126 valence electrons. The Morgan fingerprint density at radius 3 is 2.88 bits per heavy atom. The number of anilines is 1. The molecule has 1 amide bonds. The number of carbonyl (C=O) groups excluding carboxylic acids is 1. The molecule has 0 saturated carbocycles. The van der Waals surface area contributed by atoms with Gasteiger partial charge in [0.1, 0.15) is 12.3 Å². The first-order chi connectivity index (χ1) is 11.6. The summed E-state index contributed by atoms with van der Waals surface area (Å²) in [5, 5.41) is 7.16. The van der Waals surface area contributed by atoms with E-state index >= 15 is 0 Å². The van der Waals surface area contributed by atoms with E-state index in [1.807, 2.05) is 19.1 Å². The second-order valence-corrected chi connectivity index (χ2v) is 6.07. The summed E-state index contributed by atoms with van der Waals surface area (Å²) in [6.07, 6.45) is 3.92. The van der Waals surface area contributed by atoms with Crippen LogP contribution in [0.1, 0.15) is 29.7 Å². The SMILES string of the molecule is COc1ccc(C)cc1NC(=O)Cn1nc2c(cc1=O)CCCC2.